The monoisotopic (exact) mass is 244 g/mol. The maximum absolute atomic E-state index is 10.7. The Bertz CT molecular complexity index is 573. The fraction of sp³-hybridized carbons (Fsp3) is 0.0714. The lowest BCUT2D eigenvalue weighted by Gasteiger charge is -2.06. The minimum absolute atomic E-state index is 0.0375. The number of aliphatic hydroxyl groups is 1. The number of aromatic carboxylic acids is 1. The number of aromatic hydroxyl groups is 1. The smallest absolute Gasteiger partial charge is 0.335 e. The number of hydrogen-bond donors (Lipinski definition) is 3. The summed E-state index contributed by atoms with van der Waals surface area (Å²) < 4.78 is 0. The van der Waals surface area contributed by atoms with Crippen LogP contribution in [0.5, 0.6) is 5.75 Å². The van der Waals surface area contributed by atoms with E-state index >= 15 is 0 Å². The van der Waals surface area contributed by atoms with E-state index in [1.165, 1.54) is 12.1 Å². The molecule has 3 N–H and O–H groups in total. The van der Waals surface area contributed by atoms with Gasteiger partial charge in [0.05, 0.1) is 12.2 Å². The number of rotatable bonds is 3. The Morgan fingerprint density at radius 1 is 1.06 bits per heavy atom. The molecule has 0 atom stereocenters. The van der Waals surface area contributed by atoms with Crippen LogP contribution in [-0.4, -0.2) is 21.3 Å². The number of carbonyl (C=O) groups is 1. The SMILES string of the molecule is O=C(O)c1ccc(-c2ccc(CO)cc2)c(O)c1. The van der Waals surface area contributed by atoms with Gasteiger partial charge in [0.15, 0.2) is 0 Å². The van der Waals surface area contributed by atoms with Crippen molar-refractivity contribution in [2.45, 2.75) is 6.61 Å². The van der Waals surface area contributed by atoms with Crippen molar-refractivity contribution in [3.8, 4) is 16.9 Å². The molecule has 2 aromatic rings. The molecule has 2 aromatic carbocycles. The lowest BCUT2D eigenvalue weighted by molar-refractivity contribution is 0.0696. The van der Waals surface area contributed by atoms with E-state index in [9.17, 15) is 9.90 Å². The number of aliphatic hydroxyl groups excluding tert-OH is 1. The van der Waals surface area contributed by atoms with Gasteiger partial charge in [0.25, 0.3) is 0 Å². The molecule has 0 amide bonds. The van der Waals surface area contributed by atoms with E-state index in [0.29, 0.717) is 5.56 Å². The zero-order valence-corrected chi connectivity index (χ0v) is 9.50. The number of benzene rings is 2. The molecule has 2 rings (SSSR count). The molecule has 4 nitrogen and oxygen atoms in total. The molecular weight excluding hydrogens is 232 g/mol. The van der Waals surface area contributed by atoms with Crippen LogP contribution in [0.25, 0.3) is 11.1 Å². The summed E-state index contributed by atoms with van der Waals surface area (Å²) in [5.74, 6) is -1.15. The highest BCUT2D eigenvalue weighted by Gasteiger charge is 2.09. The molecule has 0 saturated heterocycles. The number of phenols is 1. The molecule has 0 spiro atoms. The van der Waals surface area contributed by atoms with Crippen LogP contribution in [0.2, 0.25) is 0 Å². The van der Waals surface area contributed by atoms with Gasteiger partial charge >= 0.3 is 5.97 Å². The summed E-state index contributed by atoms with van der Waals surface area (Å²) in [4.78, 5) is 10.7. The van der Waals surface area contributed by atoms with Crippen LogP contribution in [0.4, 0.5) is 0 Å². The standard InChI is InChI=1S/C14H12O4/c15-8-9-1-3-10(4-2-9)12-6-5-11(14(17)18)7-13(12)16/h1-7,15-16H,8H2,(H,17,18). The summed E-state index contributed by atoms with van der Waals surface area (Å²) in [6.45, 7) is -0.0375. The van der Waals surface area contributed by atoms with Crippen molar-refractivity contribution in [1.82, 2.24) is 0 Å². The fourth-order valence-corrected chi connectivity index (χ4v) is 1.70. The van der Waals surface area contributed by atoms with Crippen molar-refractivity contribution in [3.63, 3.8) is 0 Å². The van der Waals surface area contributed by atoms with Crippen LogP contribution < -0.4 is 0 Å². The average Bonchev–Trinajstić information content (AvgIpc) is 2.38. The van der Waals surface area contributed by atoms with E-state index in [4.69, 9.17) is 10.2 Å². The zero-order chi connectivity index (χ0) is 13.1. The third-order valence-corrected chi connectivity index (χ3v) is 2.69. The first-order valence-corrected chi connectivity index (χ1v) is 5.38. The highest BCUT2D eigenvalue weighted by molar-refractivity contribution is 5.89. The second kappa shape index (κ2) is 4.89. The van der Waals surface area contributed by atoms with E-state index in [1.807, 2.05) is 0 Å². The molecule has 0 bridgehead atoms. The lowest BCUT2D eigenvalue weighted by atomic mass is 10.0. The Hall–Kier alpha value is -2.33. The van der Waals surface area contributed by atoms with Crippen LogP contribution in [0.15, 0.2) is 42.5 Å². The summed E-state index contributed by atoms with van der Waals surface area (Å²) >= 11 is 0. The van der Waals surface area contributed by atoms with Gasteiger partial charge in [-0.3, -0.25) is 0 Å². The highest BCUT2D eigenvalue weighted by Crippen LogP contribution is 2.30. The van der Waals surface area contributed by atoms with Crippen LogP contribution in [0, 0.1) is 0 Å². The topological polar surface area (TPSA) is 77.8 Å². The molecule has 0 aliphatic heterocycles. The molecule has 92 valence electrons. The predicted octanol–water partition coefficient (Wildman–Crippen LogP) is 2.25. The highest BCUT2D eigenvalue weighted by atomic mass is 16.4. The average molecular weight is 244 g/mol. The van der Waals surface area contributed by atoms with Gasteiger partial charge in [-0.15, -0.1) is 0 Å². The molecule has 18 heavy (non-hydrogen) atoms. The number of phenolic OH excluding ortho intramolecular Hbond substituents is 1. The first-order valence-electron chi connectivity index (χ1n) is 5.38. The minimum atomic E-state index is -1.08. The van der Waals surface area contributed by atoms with Crippen molar-refractivity contribution < 1.29 is 20.1 Å². The Morgan fingerprint density at radius 3 is 2.22 bits per heavy atom. The van der Waals surface area contributed by atoms with Gasteiger partial charge in [0.1, 0.15) is 5.75 Å². The summed E-state index contributed by atoms with van der Waals surface area (Å²) in [6.07, 6.45) is 0. The molecule has 0 saturated carbocycles. The summed E-state index contributed by atoms with van der Waals surface area (Å²) in [7, 11) is 0. The maximum atomic E-state index is 10.7. The molecule has 0 aliphatic carbocycles. The molecule has 0 radical (unpaired) electrons. The summed E-state index contributed by atoms with van der Waals surface area (Å²) in [5.41, 5.74) is 2.15. The third kappa shape index (κ3) is 2.33. The second-order valence-corrected chi connectivity index (χ2v) is 3.89. The van der Waals surface area contributed by atoms with Gasteiger partial charge in [-0.1, -0.05) is 24.3 Å². The van der Waals surface area contributed by atoms with E-state index in [-0.39, 0.29) is 17.9 Å². The van der Waals surface area contributed by atoms with Crippen LogP contribution in [-0.2, 0) is 6.61 Å². The van der Waals surface area contributed by atoms with E-state index in [0.717, 1.165) is 11.1 Å². The Balaban J connectivity index is 2.41. The van der Waals surface area contributed by atoms with Crippen molar-refractivity contribution in [2.24, 2.45) is 0 Å². The molecule has 0 aromatic heterocycles. The molecule has 4 heteroatoms. The molecule has 0 aliphatic rings. The van der Waals surface area contributed by atoms with Crippen LogP contribution >= 0.6 is 0 Å². The van der Waals surface area contributed by atoms with Crippen LogP contribution in [0.3, 0.4) is 0 Å². The van der Waals surface area contributed by atoms with Crippen molar-refractivity contribution in [2.75, 3.05) is 0 Å². The molecule has 0 unspecified atom stereocenters. The maximum Gasteiger partial charge on any atom is 0.335 e. The summed E-state index contributed by atoms with van der Waals surface area (Å²) in [6, 6.07) is 11.3. The quantitative estimate of drug-likeness (QED) is 0.773. The van der Waals surface area contributed by atoms with Crippen LogP contribution in [0.1, 0.15) is 15.9 Å². The number of carboxylic acids is 1. The van der Waals surface area contributed by atoms with E-state index in [2.05, 4.69) is 0 Å². The Labute approximate surface area is 104 Å². The first kappa shape index (κ1) is 12.1. The Morgan fingerprint density at radius 2 is 1.72 bits per heavy atom. The molecule has 0 fully saturated rings. The van der Waals surface area contributed by atoms with E-state index in [1.54, 1.807) is 30.3 Å². The predicted molar refractivity (Wildman–Crippen MR) is 66.4 cm³/mol. The largest absolute Gasteiger partial charge is 0.507 e. The fourth-order valence-electron chi connectivity index (χ4n) is 1.70. The van der Waals surface area contributed by atoms with Gasteiger partial charge in [0, 0.05) is 5.56 Å². The number of carboxylic acid groups (broad SMARTS) is 1. The summed E-state index contributed by atoms with van der Waals surface area (Å²) in [5, 5.41) is 27.5. The van der Waals surface area contributed by atoms with Gasteiger partial charge in [-0.05, 0) is 29.3 Å². The van der Waals surface area contributed by atoms with Crippen molar-refractivity contribution in [1.29, 1.82) is 0 Å². The normalized spacial score (nSPS) is 10.3. The van der Waals surface area contributed by atoms with Gasteiger partial charge in [-0.25, -0.2) is 4.79 Å². The minimum Gasteiger partial charge on any atom is -0.507 e. The first-order chi connectivity index (χ1) is 8.61. The van der Waals surface area contributed by atoms with Crippen molar-refractivity contribution in [3.05, 3.63) is 53.6 Å². The Kier molecular flexibility index (Phi) is 3.30. The third-order valence-electron chi connectivity index (χ3n) is 2.69. The lowest BCUT2D eigenvalue weighted by Crippen LogP contribution is -1.95. The molecular formula is C14H12O4. The molecule has 0 heterocycles. The zero-order valence-electron chi connectivity index (χ0n) is 9.50. The second-order valence-electron chi connectivity index (χ2n) is 3.89. The van der Waals surface area contributed by atoms with Crippen molar-refractivity contribution >= 4 is 5.97 Å². The van der Waals surface area contributed by atoms with Gasteiger partial charge in [-0.2, -0.15) is 0 Å². The van der Waals surface area contributed by atoms with E-state index < -0.39 is 5.97 Å². The van der Waals surface area contributed by atoms with Gasteiger partial charge < -0.3 is 15.3 Å². The number of hydrogen-bond acceptors (Lipinski definition) is 3. The van der Waals surface area contributed by atoms with Gasteiger partial charge in [0.2, 0.25) is 0 Å².